The van der Waals surface area contributed by atoms with E-state index in [1.165, 1.54) is 11.0 Å². The number of hydrogen-bond donors (Lipinski definition) is 1. The zero-order valence-corrected chi connectivity index (χ0v) is 27.0. The lowest BCUT2D eigenvalue weighted by molar-refractivity contribution is -0.127. The molecule has 0 radical (unpaired) electrons. The van der Waals surface area contributed by atoms with Crippen molar-refractivity contribution in [2.75, 3.05) is 43.9 Å². The normalized spacial score (nSPS) is 17.3. The Morgan fingerprint density at radius 3 is 2.15 bits per heavy atom. The lowest BCUT2D eigenvalue weighted by atomic mass is 9.96. The van der Waals surface area contributed by atoms with Gasteiger partial charge in [0.1, 0.15) is 0 Å². The van der Waals surface area contributed by atoms with Gasteiger partial charge in [0, 0.05) is 60.1 Å². The molecule has 1 fully saturated rings. The summed E-state index contributed by atoms with van der Waals surface area (Å²) in [5, 5.41) is 2.90. The number of carbonyl (C=O) groups excluding carboxylic acids is 3. The minimum absolute atomic E-state index is 0.0235. The zero-order valence-electron chi connectivity index (χ0n) is 27.0. The van der Waals surface area contributed by atoms with Crippen LogP contribution in [-0.4, -0.2) is 73.2 Å². The molecule has 7 nitrogen and oxygen atoms in total. The van der Waals surface area contributed by atoms with Crippen molar-refractivity contribution in [3.8, 4) is 11.1 Å². The molecule has 246 valence electrons. The molecule has 0 aromatic heterocycles. The highest BCUT2D eigenvalue weighted by Gasteiger charge is 2.42. The quantitative estimate of drug-likeness (QED) is 0.224. The van der Waals surface area contributed by atoms with Gasteiger partial charge in [0.05, 0.1) is 5.69 Å². The number of nitrogens with zero attached hydrogens (tertiary/aromatic N) is 3. The van der Waals surface area contributed by atoms with Crippen LogP contribution in [0.4, 0.5) is 20.2 Å². The number of fused-ring (bicyclic) bond motifs is 1. The summed E-state index contributed by atoms with van der Waals surface area (Å²) in [5.41, 5.74) is 3.07. The van der Waals surface area contributed by atoms with Crippen LogP contribution in [0.15, 0.2) is 109 Å². The lowest BCUT2D eigenvalue weighted by Gasteiger charge is -2.34. The molecule has 0 aliphatic carbocycles. The number of rotatable bonds is 6. The Hall–Kier alpha value is -5.15. The number of alkyl halides is 2. The standard InChI is InChI=1S/C39H38F2N4O3/c1-43-23-20-30(21-24-43)44(2)36(46)26-34-33-14-8-9-15-35(33)45(25-22-39(34,40)41)38(48)28-16-18-29(19-17-28)42-37(47)32-13-7-6-12-31(32)27-10-4-3-5-11-27/h3-19,26,30H,20-25H2,1-2H3,(H,42,47)/b34-26-. The second-order valence-corrected chi connectivity index (χ2v) is 12.4. The smallest absolute Gasteiger partial charge is 0.275 e. The largest absolute Gasteiger partial charge is 0.339 e. The summed E-state index contributed by atoms with van der Waals surface area (Å²) in [4.78, 5) is 45.5. The third kappa shape index (κ3) is 6.92. The maximum absolute atomic E-state index is 15.8. The van der Waals surface area contributed by atoms with Gasteiger partial charge in [-0.1, -0.05) is 66.7 Å². The van der Waals surface area contributed by atoms with Crippen molar-refractivity contribution in [3.05, 3.63) is 126 Å². The third-order valence-electron chi connectivity index (χ3n) is 9.27. The number of piperidine rings is 1. The Morgan fingerprint density at radius 2 is 1.44 bits per heavy atom. The van der Waals surface area contributed by atoms with E-state index in [0.717, 1.165) is 43.1 Å². The summed E-state index contributed by atoms with van der Waals surface area (Å²) in [6.45, 7) is 1.43. The molecule has 1 N–H and O–H groups in total. The van der Waals surface area contributed by atoms with Crippen LogP contribution in [0.3, 0.4) is 0 Å². The van der Waals surface area contributed by atoms with E-state index >= 15 is 8.78 Å². The Labute approximate surface area is 279 Å². The predicted molar refractivity (Wildman–Crippen MR) is 185 cm³/mol. The fraction of sp³-hybridized carbons (Fsp3) is 0.256. The average molecular weight is 649 g/mol. The van der Waals surface area contributed by atoms with Crippen molar-refractivity contribution < 1.29 is 23.2 Å². The monoisotopic (exact) mass is 648 g/mol. The highest BCUT2D eigenvalue weighted by molar-refractivity contribution is 6.11. The van der Waals surface area contributed by atoms with Crippen molar-refractivity contribution in [2.24, 2.45) is 0 Å². The molecule has 4 aromatic rings. The summed E-state index contributed by atoms with van der Waals surface area (Å²) in [7, 11) is 3.69. The number of allylic oxidation sites excluding steroid dienone is 1. The van der Waals surface area contributed by atoms with Gasteiger partial charge in [0.25, 0.3) is 17.7 Å². The van der Waals surface area contributed by atoms with Crippen molar-refractivity contribution in [1.29, 1.82) is 0 Å². The number of nitrogens with one attached hydrogen (secondary N) is 1. The van der Waals surface area contributed by atoms with E-state index in [0.29, 0.717) is 16.9 Å². The maximum atomic E-state index is 15.8. The van der Waals surface area contributed by atoms with Crippen LogP contribution in [0.2, 0.25) is 0 Å². The van der Waals surface area contributed by atoms with Gasteiger partial charge < -0.3 is 20.0 Å². The van der Waals surface area contributed by atoms with Gasteiger partial charge in [-0.05, 0) is 80.5 Å². The summed E-state index contributed by atoms with van der Waals surface area (Å²) < 4.78 is 31.6. The second-order valence-electron chi connectivity index (χ2n) is 12.4. The van der Waals surface area contributed by atoms with Crippen LogP contribution in [-0.2, 0) is 4.79 Å². The Morgan fingerprint density at radius 1 is 0.812 bits per heavy atom. The van der Waals surface area contributed by atoms with Gasteiger partial charge in [0.15, 0.2) is 0 Å². The number of hydrogen-bond acceptors (Lipinski definition) is 4. The van der Waals surface area contributed by atoms with Gasteiger partial charge in [-0.2, -0.15) is 0 Å². The average Bonchev–Trinajstić information content (AvgIpc) is 3.22. The van der Waals surface area contributed by atoms with E-state index in [2.05, 4.69) is 10.2 Å². The van der Waals surface area contributed by atoms with E-state index in [-0.39, 0.29) is 35.2 Å². The fourth-order valence-electron chi connectivity index (χ4n) is 6.42. The number of likely N-dealkylation sites (N-methyl/N-ethyl adjacent to an activating group) is 1. The fourth-order valence-corrected chi connectivity index (χ4v) is 6.42. The first-order valence-electron chi connectivity index (χ1n) is 16.1. The maximum Gasteiger partial charge on any atom is 0.275 e. The first-order valence-corrected chi connectivity index (χ1v) is 16.1. The Bertz CT molecular complexity index is 1830. The molecule has 2 heterocycles. The topological polar surface area (TPSA) is 73.0 Å². The molecule has 6 rings (SSSR count). The van der Waals surface area contributed by atoms with Gasteiger partial charge >= 0.3 is 0 Å². The van der Waals surface area contributed by atoms with Crippen molar-refractivity contribution >= 4 is 34.7 Å². The number of anilines is 2. The number of benzene rings is 4. The summed E-state index contributed by atoms with van der Waals surface area (Å²) in [5.74, 6) is -4.56. The van der Waals surface area contributed by atoms with Gasteiger partial charge in [-0.25, -0.2) is 8.78 Å². The molecule has 1 saturated heterocycles. The molecule has 0 spiro atoms. The number of para-hydroxylation sites is 1. The van der Waals surface area contributed by atoms with Gasteiger partial charge in [0.2, 0.25) is 5.91 Å². The number of carbonyl (C=O) groups is 3. The second kappa shape index (κ2) is 13.9. The molecular formula is C39H38F2N4O3. The van der Waals surface area contributed by atoms with Crippen LogP contribution in [0.25, 0.3) is 16.7 Å². The zero-order chi connectivity index (χ0) is 33.8. The Kier molecular flexibility index (Phi) is 9.50. The van der Waals surface area contributed by atoms with Gasteiger partial charge in [-0.3, -0.25) is 14.4 Å². The highest BCUT2D eigenvalue weighted by Crippen LogP contribution is 2.43. The molecule has 9 heteroatoms. The molecule has 2 aliphatic rings. The molecule has 0 atom stereocenters. The van der Waals surface area contributed by atoms with Crippen molar-refractivity contribution in [3.63, 3.8) is 0 Å². The van der Waals surface area contributed by atoms with E-state index in [1.807, 2.05) is 49.5 Å². The molecule has 0 bridgehead atoms. The number of amides is 3. The van der Waals surface area contributed by atoms with Crippen LogP contribution in [0, 0.1) is 0 Å². The first-order chi connectivity index (χ1) is 23.1. The van der Waals surface area contributed by atoms with Crippen molar-refractivity contribution in [1.82, 2.24) is 9.80 Å². The SMILES string of the molecule is CN1CCC(N(C)C(=O)/C=C2/c3ccccc3N(C(=O)c3ccc(NC(=O)c4ccccc4-c4ccccc4)cc3)CCC2(F)F)CC1. The van der Waals surface area contributed by atoms with Crippen LogP contribution < -0.4 is 10.2 Å². The Balaban J connectivity index is 1.22. The van der Waals surface area contributed by atoms with E-state index in [4.69, 9.17) is 0 Å². The van der Waals surface area contributed by atoms with E-state index < -0.39 is 24.2 Å². The van der Waals surface area contributed by atoms with E-state index in [1.54, 1.807) is 66.5 Å². The van der Waals surface area contributed by atoms with E-state index in [9.17, 15) is 14.4 Å². The number of likely N-dealkylation sites (tertiary alicyclic amines) is 1. The summed E-state index contributed by atoms with van der Waals surface area (Å²) in [6, 6.07) is 29.8. The first kappa shape index (κ1) is 32.8. The molecule has 0 saturated carbocycles. The minimum atomic E-state index is -3.33. The molecule has 48 heavy (non-hydrogen) atoms. The minimum Gasteiger partial charge on any atom is -0.339 e. The lowest BCUT2D eigenvalue weighted by Crippen LogP contribution is -2.44. The molecule has 2 aliphatic heterocycles. The summed E-state index contributed by atoms with van der Waals surface area (Å²) in [6.07, 6.45) is 1.97. The molecule has 0 unspecified atom stereocenters. The van der Waals surface area contributed by atoms with Crippen LogP contribution in [0.1, 0.15) is 45.5 Å². The molecule has 3 amide bonds. The van der Waals surface area contributed by atoms with Crippen molar-refractivity contribution in [2.45, 2.75) is 31.2 Å². The summed E-state index contributed by atoms with van der Waals surface area (Å²) >= 11 is 0. The van der Waals surface area contributed by atoms with Crippen LogP contribution >= 0.6 is 0 Å². The predicted octanol–water partition coefficient (Wildman–Crippen LogP) is 7.23. The highest BCUT2D eigenvalue weighted by atomic mass is 19.3. The molecule has 4 aromatic carbocycles. The van der Waals surface area contributed by atoms with Gasteiger partial charge in [-0.15, -0.1) is 0 Å². The number of halogens is 2. The third-order valence-corrected chi connectivity index (χ3v) is 9.27. The molecular weight excluding hydrogens is 610 g/mol. The van der Waals surface area contributed by atoms with Crippen LogP contribution in [0.5, 0.6) is 0 Å².